The maximum atomic E-state index is 13.1. The molecule has 184 valence electrons. The lowest BCUT2D eigenvalue weighted by Crippen LogP contribution is -2.48. The Balaban J connectivity index is 1.29. The lowest BCUT2D eigenvalue weighted by molar-refractivity contribution is -0.0440. The van der Waals surface area contributed by atoms with Crippen LogP contribution in [0.1, 0.15) is 42.9 Å². The predicted octanol–water partition coefficient (Wildman–Crippen LogP) is 3.94. The van der Waals surface area contributed by atoms with E-state index in [1.807, 2.05) is 38.1 Å². The minimum absolute atomic E-state index is 0.165. The number of anilines is 1. The van der Waals surface area contributed by atoms with Gasteiger partial charge in [-0.15, -0.1) is 0 Å². The number of rotatable bonds is 5. The van der Waals surface area contributed by atoms with Gasteiger partial charge in [-0.3, -0.25) is 4.79 Å². The van der Waals surface area contributed by atoms with E-state index in [1.165, 1.54) is 22.9 Å². The van der Waals surface area contributed by atoms with Gasteiger partial charge in [0.05, 0.1) is 22.8 Å². The number of aromatic nitrogens is 2. The van der Waals surface area contributed by atoms with E-state index < -0.39 is 10.0 Å². The van der Waals surface area contributed by atoms with E-state index in [0.717, 1.165) is 36.5 Å². The van der Waals surface area contributed by atoms with Gasteiger partial charge < -0.3 is 14.6 Å². The Hall–Kier alpha value is -3.01. The number of benzene rings is 2. The summed E-state index contributed by atoms with van der Waals surface area (Å²) in [6, 6.07) is 13.7. The van der Waals surface area contributed by atoms with Crippen LogP contribution in [0.2, 0.25) is 0 Å². The highest BCUT2D eigenvalue weighted by Gasteiger charge is 2.32. The summed E-state index contributed by atoms with van der Waals surface area (Å²) >= 11 is 0. The zero-order valence-corrected chi connectivity index (χ0v) is 20.8. The fourth-order valence-electron chi connectivity index (χ4n) is 4.77. The zero-order valence-electron chi connectivity index (χ0n) is 20.0. The van der Waals surface area contributed by atoms with E-state index in [4.69, 9.17) is 9.72 Å². The van der Waals surface area contributed by atoms with Crippen molar-refractivity contribution in [1.82, 2.24) is 13.9 Å². The maximum absolute atomic E-state index is 13.1. The third kappa shape index (κ3) is 5.03. The molecule has 9 heteroatoms. The highest BCUT2D eigenvalue weighted by molar-refractivity contribution is 7.89. The highest BCUT2D eigenvalue weighted by atomic mass is 32.2. The van der Waals surface area contributed by atoms with Gasteiger partial charge in [0.2, 0.25) is 10.0 Å². The number of amides is 1. The van der Waals surface area contributed by atoms with Gasteiger partial charge >= 0.3 is 0 Å². The number of nitrogens with zero attached hydrogens (tertiary/aromatic N) is 3. The summed E-state index contributed by atoms with van der Waals surface area (Å²) in [6.45, 7) is 5.34. The van der Waals surface area contributed by atoms with Crippen LogP contribution in [0.3, 0.4) is 0 Å². The zero-order chi connectivity index (χ0) is 24.6. The number of nitrogens with one attached hydrogen (secondary N) is 1. The molecule has 3 aromatic rings. The Morgan fingerprint density at radius 3 is 2.51 bits per heavy atom. The maximum Gasteiger partial charge on any atom is 0.255 e. The number of hydrogen-bond donors (Lipinski definition) is 1. The number of ether oxygens (including phenoxy) is 1. The molecule has 2 aliphatic rings. The lowest BCUT2D eigenvalue weighted by Gasteiger charge is -2.34. The number of hydrogen-bond acceptors (Lipinski definition) is 5. The Bertz CT molecular complexity index is 1300. The number of aryl methyl sites for hydroxylation is 2. The first-order chi connectivity index (χ1) is 16.8. The number of fused-ring (bicyclic) bond motifs is 1. The minimum Gasteiger partial charge on any atom is -0.373 e. The number of morpholine rings is 1. The quantitative estimate of drug-likeness (QED) is 0.580. The topological polar surface area (TPSA) is 93.5 Å². The highest BCUT2D eigenvalue weighted by Crippen LogP contribution is 2.26. The van der Waals surface area contributed by atoms with Crippen LogP contribution in [0.5, 0.6) is 0 Å². The summed E-state index contributed by atoms with van der Waals surface area (Å²) < 4.78 is 35.4. The third-order valence-electron chi connectivity index (χ3n) is 6.47. The first-order valence-electron chi connectivity index (χ1n) is 12.0. The van der Waals surface area contributed by atoms with Crippen molar-refractivity contribution in [2.75, 3.05) is 18.4 Å². The molecule has 0 spiro atoms. The van der Waals surface area contributed by atoms with Gasteiger partial charge in [0.1, 0.15) is 5.82 Å². The van der Waals surface area contributed by atoms with Crippen LogP contribution in [0.15, 0.2) is 59.6 Å². The lowest BCUT2D eigenvalue weighted by atomic mass is 10.1. The first-order valence-corrected chi connectivity index (χ1v) is 13.5. The van der Waals surface area contributed by atoms with E-state index in [1.54, 1.807) is 12.1 Å². The Kier molecular flexibility index (Phi) is 6.48. The molecule has 1 saturated heterocycles. The van der Waals surface area contributed by atoms with Crippen molar-refractivity contribution in [2.45, 2.75) is 56.8 Å². The largest absolute Gasteiger partial charge is 0.373 e. The Morgan fingerprint density at radius 2 is 1.80 bits per heavy atom. The fraction of sp³-hybridized carbons (Fsp3) is 0.385. The molecule has 2 aliphatic heterocycles. The van der Waals surface area contributed by atoms with Gasteiger partial charge in [-0.1, -0.05) is 12.1 Å². The van der Waals surface area contributed by atoms with Crippen molar-refractivity contribution in [3.8, 4) is 11.3 Å². The van der Waals surface area contributed by atoms with Gasteiger partial charge in [0.15, 0.2) is 0 Å². The molecule has 2 aromatic carbocycles. The fourth-order valence-corrected chi connectivity index (χ4v) is 6.36. The summed E-state index contributed by atoms with van der Waals surface area (Å²) in [7, 11) is -3.65. The van der Waals surface area contributed by atoms with E-state index in [9.17, 15) is 13.2 Å². The summed E-state index contributed by atoms with van der Waals surface area (Å²) in [5.74, 6) is 0.806. The van der Waals surface area contributed by atoms with Crippen LogP contribution in [0.4, 0.5) is 5.69 Å². The molecule has 3 heterocycles. The molecule has 0 unspecified atom stereocenters. The molecule has 0 saturated carbocycles. The molecule has 5 rings (SSSR count). The molecule has 8 nitrogen and oxygen atoms in total. The van der Waals surface area contributed by atoms with Gasteiger partial charge in [-0.2, -0.15) is 4.31 Å². The SMILES string of the molecule is C[C@@H]1CN(S(=O)(=O)c2ccc(C(=O)Nc3cccc(-c4cn5c(n4)CCCC5)c3)cc2)C[C@@H](C)O1. The van der Waals surface area contributed by atoms with E-state index >= 15 is 0 Å². The van der Waals surface area contributed by atoms with Crippen molar-refractivity contribution >= 4 is 21.6 Å². The molecule has 2 atom stereocenters. The van der Waals surface area contributed by atoms with Crippen molar-refractivity contribution in [3.63, 3.8) is 0 Å². The van der Waals surface area contributed by atoms with Crippen LogP contribution < -0.4 is 5.32 Å². The molecule has 1 N–H and O–H groups in total. The molecule has 1 amide bonds. The molecule has 0 bridgehead atoms. The summed E-state index contributed by atoms with van der Waals surface area (Å²) in [4.78, 5) is 17.8. The Morgan fingerprint density at radius 1 is 1.06 bits per heavy atom. The molecule has 35 heavy (non-hydrogen) atoms. The van der Waals surface area contributed by atoms with Crippen molar-refractivity contribution in [1.29, 1.82) is 0 Å². The van der Waals surface area contributed by atoms with Crippen molar-refractivity contribution < 1.29 is 17.9 Å². The average Bonchev–Trinajstić information content (AvgIpc) is 3.28. The van der Waals surface area contributed by atoms with Gasteiger partial charge in [0, 0.05) is 49.1 Å². The first kappa shape index (κ1) is 23.7. The second-order valence-corrected chi connectivity index (χ2v) is 11.3. The minimum atomic E-state index is -3.65. The summed E-state index contributed by atoms with van der Waals surface area (Å²) in [6.07, 6.45) is 5.07. The van der Waals surface area contributed by atoms with Crippen LogP contribution in [0, 0.1) is 0 Å². The number of imidazole rings is 1. The van der Waals surface area contributed by atoms with Gasteiger partial charge in [0.25, 0.3) is 5.91 Å². The second kappa shape index (κ2) is 9.56. The standard InChI is InChI=1S/C26H30N4O4S/c1-18-15-30(16-19(2)34-18)35(32,33)23-11-9-20(10-12-23)26(31)27-22-7-5-6-21(14-22)24-17-29-13-4-3-8-25(29)28-24/h5-7,9-12,14,17-19H,3-4,8,13,15-16H2,1-2H3,(H,27,31)/t18-,19-/m1/s1. The van der Waals surface area contributed by atoms with Crippen molar-refractivity contribution in [2.24, 2.45) is 0 Å². The molecular weight excluding hydrogens is 464 g/mol. The normalized spacial score (nSPS) is 20.9. The molecule has 1 fully saturated rings. The van der Waals surface area contributed by atoms with Gasteiger partial charge in [-0.25, -0.2) is 13.4 Å². The van der Waals surface area contributed by atoms with Crippen molar-refractivity contribution in [3.05, 3.63) is 66.1 Å². The average molecular weight is 495 g/mol. The third-order valence-corrected chi connectivity index (χ3v) is 8.31. The smallest absolute Gasteiger partial charge is 0.255 e. The van der Waals surface area contributed by atoms with E-state index in [0.29, 0.717) is 24.3 Å². The van der Waals surface area contributed by atoms with E-state index in [2.05, 4.69) is 16.1 Å². The number of carbonyl (C=O) groups excluding carboxylic acids is 1. The summed E-state index contributed by atoms with van der Waals surface area (Å²) in [5.41, 5.74) is 2.89. The molecule has 0 aliphatic carbocycles. The summed E-state index contributed by atoms with van der Waals surface area (Å²) in [5, 5.41) is 2.91. The molecule has 0 radical (unpaired) electrons. The predicted molar refractivity (Wildman–Crippen MR) is 134 cm³/mol. The second-order valence-electron chi connectivity index (χ2n) is 9.33. The number of carbonyl (C=O) groups is 1. The molecule has 1 aromatic heterocycles. The van der Waals surface area contributed by atoms with E-state index in [-0.39, 0.29) is 23.0 Å². The number of sulfonamides is 1. The van der Waals surface area contributed by atoms with Crippen LogP contribution in [-0.4, -0.2) is 53.5 Å². The monoisotopic (exact) mass is 494 g/mol. The Labute approximate surface area is 206 Å². The molecular formula is C26H30N4O4S. The van der Waals surface area contributed by atoms with Crippen LogP contribution >= 0.6 is 0 Å². The van der Waals surface area contributed by atoms with Crippen LogP contribution in [0.25, 0.3) is 11.3 Å². The van der Waals surface area contributed by atoms with Crippen LogP contribution in [-0.2, 0) is 27.7 Å². The van der Waals surface area contributed by atoms with Gasteiger partial charge in [-0.05, 0) is 63.1 Å².